The van der Waals surface area contributed by atoms with Crippen LogP contribution in [-0.4, -0.2) is 24.2 Å². The highest BCUT2D eigenvalue weighted by molar-refractivity contribution is 5.97. The number of nitrogens with one attached hydrogen (secondary N) is 1. The molecule has 1 atom stereocenters. The van der Waals surface area contributed by atoms with Crippen molar-refractivity contribution in [3.05, 3.63) is 24.3 Å². The van der Waals surface area contributed by atoms with E-state index in [2.05, 4.69) is 26.1 Å². The Bertz CT molecular complexity index is 535. The average molecular weight is 347 g/mol. The number of hydrogen-bond acceptors (Lipinski definition) is 3. The van der Waals surface area contributed by atoms with Gasteiger partial charge in [0.25, 0.3) is 5.91 Å². The van der Waals surface area contributed by atoms with E-state index in [1.165, 1.54) is 12.8 Å². The number of benzene rings is 1. The van der Waals surface area contributed by atoms with Gasteiger partial charge in [-0.25, -0.2) is 0 Å². The lowest BCUT2D eigenvalue weighted by Crippen LogP contribution is -2.44. The van der Waals surface area contributed by atoms with Crippen molar-refractivity contribution in [1.29, 1.82) is 0 Å². The average Bonchev–Trinajstić information content (AvgIpc) is 3.07. The maximum absolute atomic E-state index is 12.8. The first kappa shape index (κ1) is 19.8. The second-order valence-electron chi connectivity index (χ2n) is 7.68. The highest BCUT2D eigenvalue weighted by Gasteiger charge is 2.34. The van der Waals surface area contributed by atoms with Crippen LogP contribution in [0.15, 0.2) is 24.3 Å². The third-order valence-corrected chi connectivity index (χ3v) is 4.62. The molecule has 0 heterocycles. The second-order valence-corrected chi connectivity index (χ2v) is 7.68. The van der Waals surface area contributed by atoms with Crippen LogP contribution in [0.5, 0.6) is 5.75 Å². The first-order chi connectivity index (χ1) is 11.9. The van der Waals surface area contributed by atoms with Crippen molar-refractivity contribution in [3.8, 4) is 5.75 Å². The van der Waals surface area contributed by atoms with Crippen LogP contribution < -0.4 is 10.1 Å². The molecule has 1 saturated carbocycles. The monoisotopic (exact) mass is 347 g/mol. The van der Waals surface area contributed by atoms with Gasteiger partial charge in [0.2, 0.25) is 0 Å². The topological polar surface area (TPSA) is 47.6 Å². The van der Waals surface area contributed by atoms with Gasteiger partial charge in [0.15, 0.2) is 0 Å². The van der Waals surface area contributed by atoms with Crippen molar-refractivity contribution in [1.82, 2.24) is 0 Å². The minimum Gasteiger partial charge on any atom is -0.490 e. The molecule has 0 saturated heterocycles. The molecule has 0 aliphatic heterocycles. The van der Waals surface area contributed by atoms with Crippen molar-refractivity contribution < 1.29 is 14.3 Å². The number of hydrogen-bond donors (Lipinski definition) is 1. The molecule has 1 fully saturated rings. The molecule has 1 amide bonds. The van der Waals surface area contributed by atoms with Gasteiger partial charge in [-0.05, 0) is 75.6 Å². The minimum absolute atomic E-state index is 0.0842. The number of rotatable bonds is 9. The molecule has 0 aromatic heterocycles. The van der Waals surface area contributed by atoms with Crippen LogP contribution >= 0.6 is 0 Å². The van der Waals surface area contributed by atoms with E-state index in [1.807, 2.05) is 31.2 Å². The molecule has 140 valence electrons. The first-order valence-corrected chi connectivity index (χ1v) is 9.65. The molecule has 2 rings (SSSR count). The molecule has 1 N–H and O–H groups in total. The number of anilines is 1. The maximum Gasteiger partial charge on any atom is 0.256 e. The molecule has 1 aliphatic carbocycles. The summed E-state index contributed by atoms with van der Waals surface area (Å²) in [7, 11) is 0. The van der Waals surface area contributed by atoms with Gasteiger partial charge in [0.1, 0.15) is 11.4 Å². The lowest BCUT2D eigenvalue weighted by Gasteiger charge is -2.30. The van der Waals surface area contributed by atoms with E-state index in [-0.39, 0.29) is 5.91 Å². The highest BCUT2D eigenvalue weighted by atomic mass is 16.5. The Morgan fingerprint density at radius 2 is 1.88 bits per heavy atom. The number of ether oxygens (including phenoxy) is 2. The Hall–Kier alpha value is -1.55. The fourth-order valence-corrected chi connectivity index (χ4v) is 3.40. The highest BCUT2D eigenvalue weighted by Crippen LogP contribution is 2.27. The van der Waals surface area contributed by atoms with Crippen LogP contribution in [0.25, 0.3) is 0 Å². The summed E-state index contributed by atoms with van der Waals surface area (Å²) in [6, 6.07) is 7.66. The van der Waals surface area contributed by atoms with E-state index in [4.69, 9.17) is 9.47 Å². The van der Waals surface area contributed by atoms with Crippen LogP contribution in [-0.2, 0) is 9.53 Å². The van der Waals surface area contributed by atoms with E-state index in [0.29, 0.717) is 25.0 Å². The SMILES string of the molecule is CCCO[C@](C)(CC(C)C)C(=O)Nc1ccc(OC2CCCC2)cc1. The first-order valence-electron chi connectivity index (χ1n) is 9.65. The summed E-state index contributed by atoms with van der Waals surface area (Å²) in [4.78, 5) is 12.8. The molecule has 0 radical (unpaired) electrons. The van der Waals surface area contributed by atoms with Gasteiger partial charge < -0.3 is 14.8 Å². The molecule has 4 heteroatoms. The predicted octanol–water partition coefficient (Wildman–Crippen LogP) is 5.18. The molecule has 25 heavy (non-hydrogen) atoms. The van der Waals surface area contributed by atoms with Crippen LogP contribution in [0, 0.1) is 5.92 Å². The molecule has 1 aromatic rings. The van der Waals surface area contributed by atoms with Crippen LogP contribution in [0.3, 0.4) is 0 Å². The van der Waals surface area contributed by atoms with E-state index >= 15 is 0 Å². The fraction of sp³-hybridized carbons (Fsp3) is 0.667. The van der Waals surface area contributed by atoms with E-state index < -0.39 is 5.60 Å². The van der Waals surface area contributed by atoms with Crippen molar-refractivity contribution >= 4 is 11.6 Å². The Labute approximate surface area is 152 Å². The van der Waals surface area contributed by atoms with Gasteiger partial charge in [-0.3, -0.25) is 4.79 Å². The van der Waals surface area contributed by atoms with E-state index in [9.17, 15) is 4.79 Å². The second kappa shape index (κ2) is 9.23. The molecule has 0 spiro atoms. The molecule has 1 aliphatic rings. The Kier molecular flexibility index (Phi) is 7.30. The quantitative estimate of drug-likeness (QED) is 0.670. The number of amides is 1. The summed E-state index contributed by atoms with van der Waals surface area (Å²) >= 11 is 0. The molecule has 0 unspecified atom stereocenters. The molecular formula is C21H33NO3. The van der Waals surface area contributed by atoms with E-state index in [0.717, 1.165) is 30.7 Å². The summed E-state index contributed by atoms with van der Waals surface area (Å²) in [5.74, 6) is 1.17. The number of carbonyl (C=O) groups is 1. The minimum atomic E-state index is -0.802. The Balaban J connectivity index is 1.96. The summed E-state index contributed by atoms with van der Waals surface area (Å²) < 4.78 is 11.9. The zero-order chi connectivity index (χ0) is 18.3. The third kappa shape index (κ3) is 6.03. The van der Waals surface area contributed by atoms with Crippen LogP contribution in [0.4, 0.5) is 5.69 Å². The summed E-state index contributed by atoms with van der Waals surface area (Å²) in [5.41, 5.74) is -0.0257. The molecular weight excluding hydrogens is 314 g/mol. The maximum atomic E-state index is 12.8. The largest absolute Gasteiger partial charge is 0.490 e. The Morgan fingerprint density at radius 3 is 2.44 bits per heavy atom. The van der Waals surface area contributed by atoms with Crippen LogP contribution in [0.2, 0.25) is 0 Å². The van der Waals surface area contributed by atoms with E-state index in [1.54, 1.807) is 0 Å². The molecule has 1 aromatic carbocycles. The smallest absolute Gasteiger partial charge is 0.256 e. The number of carbonyl (C=O) groups excluding carboxylic acids is 1. The zero-order valence-electron chi connectivity index (χ0n) is 16.1. The van der Waals surface area contributed by atoms with Crippen molar-refractivity contribution in [2.75, 3.05) is 11.9 Å². The fourth-order valence-electron chi connectivity index (χ4n) is 3.40. The van der Waals surface area contributed by atoms with Crippen molar-refractivity contribution in [2.45, 2.75) is 77.9 Å². The molecule has 4 nitrogen and oxygen atoms in total. The summed E-state index contributed by atoms with van der Waals surface area (Å²) in [5, 5.41) is 3.00. The normalized spacial score (nSPS) is 17.5. The van der Waals surface area contributed by atoms with Gasteiger partial charge in [-0.1, -0.05) is 20.8 Å². The summed E-state index contributed by atoms with van der Waals surface area (Å²) in [6.45, 7) is 8.74. The lowest BCUT2D eigenvalue weighted by atomic mass is 9.93. The van der Waals surface area contributed by atoms with Gasteiger partial charge in [-0.2, -0.15) is 0 Å². The van der Waals surface area contributed by atoms with Gasteiger partial charge in [0, 0.05) is 12.3 Å². The third-order valence-electron chi connectivity index (χ3n) is 4.62. The van der Waals surface area contributed by atoms with Crippen molar-refractivity contribution in [2.24, 2.45) is 5.92 Å². The van der Waals surface area contributed by atoms with Crippen LogP contribution in [0.1, 0.15) is 66.2 Å². The standard InChI is InChI=1S/C21H33NO3/c1-5-14-24-21(4,15-16(2)3)20(23)22-17-10-12-19(13-11-17)25-18-8-6-7-9-18/h10-13,16,18H,5-9,14-15H2,1-4H3,(H,22,23)/t21-/m1/s1. The van der Waals surface area contributed by atoms with Gasteiger partial charge in [0.05, 0.1) is 6.10 Å². The molecule has 0 bridgehead atoms. The zero-order valence-corrected chi connectivity index (χ0v) is 16.1. The van der Waals surface area contributed by atoms with Gasteiger partial charge in [-0.15, -0.1) is 0 Å². The lowest BCUT2D eigenvalue weighted by molar-refractivity contribution is -0.141. The summed E-state index contributed by atoms with van der Waals surface area (Å²) in [6.07, 6.45) is 6.73. The predicted molar refractivity (Wildman–Crippen MR) is 102 cm³/mol. The Morgan fingerprint density at radius 1 is 1.24 bits per heavy atom. The van der Waals surface area contributed by atoms with Gasteiger partial charge >= 0.3 is 0 Å². The van der Waals surface area contributed by atoms with Crippen molar-refractivity contribution in [3.63, 3.8) is 0 Å².